The van der Waals surface area contributed by atoms with Gasteiger partial charge in [-0.1, -0.05) is 15.9 Å². The smallest absolute Gasteiger partial charge is 0.322 e. The van der Waals surface area contributed by atoms with Crippen LogP contribution in [0.25, 0.3) is 0 Å². The van der Waals surface area contributed by atoms with Crippen LogP contribution in [0.1, 0.15) is 18.1 Å². The Morgan fingerprint density at radius 3 is 2.74 bits per heavy atom. The molecule has 0 saturated heterocycles. The summed E-state index contributed by atoms with van der Waals surface area (Å²) >= 11 is 3.58. The maximum absolute atomic E-state index is 11.6. The Hall–Kier alpha value is -1.07. The van der Waals surface area contributed by atoms with E-state index >= 15 is 0 Å². The van der Waals surface area contributed by atoms with Crippen LogP contribution in [-0.2, 0) is 22.5 Å². The Balaban J connectivity index is 2.27. The molecule has 0 bridgehead atoms. The summed E-state index contributed by atoms with van der Waals surface area (Å²) in [5.41, 5.74) is 2.42. The predicted octanol–water partition coefficient (Wildman–Crippen LogP) is 2.38. The maximum Gasteiger partial charge on any atom is 0.322 e. The van der Waals surface area contributed by atoms with Crippen molar-refractivity contribution in [3.63, 3.8) is 0 Å². The number of rotatable bonds is 3. The lowest BCUT2D eigenvalue weighted by atomic mass is 9.97. The first-order chi connectivity index (χ1) is 9.08. The molecule has 1 unspecified atom stereocenters. The van der Waals surface area contributed by atoms with Gasteiger partial charge in [-0.05, 0) is 31.0 Å². The minimum atomic E-state index is -0.226. The van der Waals surface area contributed by atoms with Crippen LogP contribution in [0.15, 0.2) is 16.6 Å². The Labute approximate surface area is 121 Å². The first-order valence-corrected chi connectivity index (χ1v) is 7.04. The van der Waals surface area contributed by atoms with Gasteiger partial charge in [-0.2, -0.15) is 0 Å². The summed E-state index contributed by atoms with van der Waals surface area (Å²) in [7, 11) is 3.11. The number of hydrogen-bond donors (Lipinski definition) is 0. The van der Waals surface area contributed by atoms with Crippen LogP contribution in [0.5, 0.6) is 5.75 Å². The van der Waals surface area contributed by atoms with Gasteiger partial charge >= 0.3 is 5.97 Å². The average molecular weight is 328 g/mol. The van der Waals surface area contributed by atoms with Gasteiger partial charge in [0, 0.05) is 23.1 Å². The molecule has 0 spiro atoms. The highest BCUT2D eigenvalue weighted by Gasteiger charge is 2.28. The molecule has 1 aliphatic rings. The molecule has 1 aromatic carbocycles. The summed E-state index contributed by atoms with van der Waals surface area (Å²) in [6, 6.07) is 3.74. The second-order valence-electron chi connectivity index (χ2n) is 4.63. The molecular weight excluding hydrogens is 310 g/mol. The van der Waals surface area contributed by atoms with Crippen LogP contribution in [0, 0.1) is 0 Å². The van der Waals surface area contributed by atoms with E-state index in [2.05, 4.69) is 20.8 Å². The highest BCUT2D eigenvalue weighted by atomic mass is 79.9. The molecule has 0 saturated carbocycles. The minimum Gasteiger partial charge on any atom is -0.496 e. The molecule has 4 nitrogen and oxygen atoms in total. The van der Waals surface area contributed by atoms with Crippen molar-refractivity contribution < 1.29 is 14.3 Å². The van der Waals surface area contributed by atoms with E-state index in [1.807, 2.05) is 19.1 Å². The highest BCUT2D eigenvalue weighted by molar-refractivity contribution is 9.10. The van der Waals surface area contributed by atoms with Crippen molar-refractivity contribution in [1.82, 2.24) is 4.90 Å². The van der Waals surface area contributed by atoms with Crippen molar-refractivity contribution in [2.75, 3.05) is 20.8 Å². The molecule has 0 amide bonds. The van der Waals surface area contributed by atoms with E-state index < -0.39 is 0 Å². The van der Waals surface area contributed by atoms with Crippen molar-refractivity contribution in [1.29, 1.82) is 0 Å². The van der Waals surface area contributed by atoms with Crippen molar-refractivity contribution in [3.05, 3.63) is 27.7 Å². The van der Waals surface area contributed by atoms with Gasteiger partial charge in [-0.3, -0.25) is 9.69 Å². The molecule has 1 aliphatic heterocycles. The summed E-state index contributed by atoms with van der Waals surface area (Å²) in [4.78, 5) is 13.8. The van der Waals surface area contributed by atoms with E-state index in [0.29, 0.717) is 0 Å². The lowest BCUT2D eigenvalue weighted by Gasteiger charge is -2.33. The van der Waals surface area contributed by atoms with E-state index in [4.69, 9.17) is 9.47 Å². The maximum atomic E-state index is 11.6. The topological polar surface area (TPSA) is 38.8 Å². The van der Waals surface area contributed by atoms with E-state index in [9.17, 15) is 4.79 Å². The molecule has 0 aliphatic carbocycles. The normalized spacial score (nSPS) is 16.6. The van der Waals surface area contributed by atoms with Gasteiger partial charge in [0.15, 0.2) is 0 Å². The van der Waals surface area contributed by atoms with E-state index in [0.717, 1.165) is 29.7 Å². The first-order valence-electron chi connectivity index (χ1n) is 6.24. The quantitative estimate of drug-likeness (QED) is 0.799. The lowest BCUT2D eigenvalue weighted by molar-refractivity contribution is -0.146. The number of methoxy groups -OCH3 is 2. The number of carbonyl (C=O) groups is 1. The monoisotopic (exact) mass is 327 g/mol. The Morgan fingerprint density at radius 2 is 2.11 bits per heavy atom. The molecule has 1 atom stereocenters. The minimum absolute atomic E-state index is 0.192. The molecule has 5 heteroatoms. The number of fused-ring (bicyclic) bond motifs is 1. The predicted molar refractivity (Wildman–Crippen MR) is 76.3 cm³/mol. The number of nitrogens with zero attached hydrogens (tertiary/aromatic N) is 1. The van der Waals surface area contributed by atoms with Crippen molar-refractivity contribution in [2.45, 2.75) is 25.9 Å². The third kappa shape index (κ3) is 2.77. The molecule has 0 N–H and O–H groups in total. The Bertz CT molecular complexity index is 490. The average Bonchev–Trinajstić information content (AvgIpc) is 2.46. The standard InChI is InChI=1S/C14H18BrNO3/c1-9(14(17)19-3)16-7-6-10-11(8-16)12(15)4-5-13(10)18-2/h4-5,9H,6-8H2,1-3H3. The highest BCUT2D eigenvalue weighted by Crippen LogP contribution is 2.34. The third-order valence-corrected chi connectivity index (χ3v) is 4.39. The third-order valence-electron chi connectivity index (χ3n) is 3.65. The molecule has 0 aromatic heterocycles. The zero-order chi connectivity index (χ0) is 14.0. The number of benzene rings is 1. The lowest BCUT2D eigenvalue weighted by Crippen LogP contribution is -2.42. The van der Waals surface area contributed by atoms with Crippen molar-refractivity contribution >= 4 is 21.9 Å². The molecule has 1 heterocycles. The SMILES string of the molecule is COC(=O)C(C)N1CCc2c(OC)ccc(Br)c2C1. The molecule has 19 heavy (non-hydrogen) atoms. The Kier molecular flexibility index (Phi) is 4.47. The van der Waals surface area contributed by atoms with Gasteiger partial charge in [0.25, 0.3) is 0 Å². The first kappa shape index (κ1) is 14.3. The molecule has 0 radical (unpaired) electrons. The van der Waals surface area contributed by atoms with Gasteiger partial charge in [0.05, 0.1) is 14.2 Å². The number of ether oxygens (including phenoxy) is 2. The largest absolute Gasteiger partial charge is 0.496 e. The van der Waals surface area contributed by atoms with Crippen LogP contribution < -0.4 is 4.74 Å². The van der Waals surface area contributed by atoms with Gasteiger partial charge in [0.1, 0.15) is 11.8 Å². The number of hydrogen-bond acceptors (Lipinski definition) is 4. The fraction of sp³-hybridized carbons (Fsp3) is 0.500. The second kappa shape index (κ2) is 5.92. The van der Waals surface area contributed by atoms with Crippen LogP contribution in [0.4, 0.5) is 0 Å². The summed E-state index contributed by atoms with van der Waals surface area (Å²) in [5, 5.41) is 0. The van der Waals surface area contributed by atoms with E-state index in [1.165, 1.54) is 18.2 Å². The van der Waals surface area contributed by atoms with Crippen LogP contribution >= 0.6 is 15.9 Å². The van der Waals surface area contributed by atoms with E-state index in [-0.39, 0.29) is 12.0 Å². The van der Waals surface area contributed by atoms with Crippen molar-refractivity contribution in [2.24, 2.45) is 0 Å². The number of halogens is 1. The molecule has 2 rings (SSSR count). The molecule has 0 fully saturated rings. The molecular formula is C14H18BrNO3. The zero-order valence-electron chi connectivity index (χ0n) is 11.4. The van der Waals surface area contributed by atoms with Gasteiger partial charge in [0.2, 0.25) is 0 Å². The van der Waals surface area contributed by atoms with Gasteiger partial charge < -0.3 is 9.47 Å². The fourth-order valence-electron chi connectivity index (χ4n) is 2.47. The van der Waals surface area contributed by atoms with Crippen LogP contribution in [-0.4, -0.2) is 37.7 Å². The number of esters is 1. The second-order valence-corrected chi connectivity index (χ2v) is 5.48. The summed E-state index contributed by atoms with van der Waals surface area (Å²) in [6.07, 6.45) is 0.874. The van der Waals surface area contributed by atoms with Crippen LogP contribution in [0.3, 0.4) is 0 Å². The van der Waals surface area contributed by atoms with Crippen molar-refractivity contribution in [3.8, 4) is 5.75 Å². The number of carbonyl (C=O) groups excluding carboxylic acids is 1. The fourth-order valence-corrected chi connectivity index (χ4v) is 2.96. The summed E-state index contributed by atoms with van der Waals surface area (Å²) in [5.74, 6) is 0.728. The summed E-state index contributed by atoms with van der Waals surface area (Å²) in [6.45, 7) is 3.43. The van der Waals surface area contributed by atoms with E-state index in [1.54, 1.807) is 7.11 Å². The molecule has 104 valence electrons. The van der Waals surface area contributed by atoms with Crippen LogP contribution in [0.2, 0.25) is 0 Å². The Morgan fingerprint density at radius 1 is 1.37 bits per heavy atom. The summed E-state index contributed by atoms with van der Waals surface area (Å²) < 4.78 is 11.3. The molecule has 1 aromatic rings. The van der Waals surface area contributed by atoms with Gasteiger partial charge in [-0.15, -0.1) is 0 Å². The zero-order valence-corrected chi connectivity index (χ0v) is 13.0. The van der Waals surface area contributed by atoms with Gasteiger partial charge in [-0.25, -0.2) is 0 Å².